The molecular formula is C18H16ClN3OS. The number of nitrogens with one attached hydrogen (secondary N) is 2. The van der Waals surface area contributed by atoms with Crippen LogP contribution in [0.4, 0.5) is 17.2 Å². The predicted molar refractivity (Wildman–Crippen MR) is 100 cm³/mol. The molecule has 0 bridgehead atoms. The van der Waals surface area contributed by atoms with Crippen LogP contribution in [0.25, 0.3) is 0 Å². The number of benzene rings is 1. The van der Waals surface area contributed by atoms with Gasteiger partial charge in [0.15, 0.2) is 0 Å². The zero-order valence-corrected chi connectivity index (χ0v) is 14.6. The molecule has 1 amide bonds. The number of thiophene rings is 1. The predicted octanol–water partition coefficient (Wildman–Crippen LogP) is 5.03. The van der Waals surface area contributed by atoms with Gasteiger partial charge in [0.1, 0.15) is 5.82 Å². The number of rotatable bonds is 5. The van der Waals surface area contributed by atoms with Crippen LogP contribution in [0.3, 0.4) is 0 Å². The summed E-state index contributed by atoms with van der Waals surface area (Å²) < 4.78 is 0. The molecule has 0 unspecified atom stereocenters. The summed E-state index contributed by atoms with van der Waals surface area (Å²) in [5.74, 6) is 0.636. The van der Waals surface area contributed by atoms with E-state index in [4.69, 9.17) is 11.6 Å². The van der Waals surface area contributed by atoms with Gasteiger partial charge in [-0.1, -0.05) is 23.7 Å². The van der Waals surface area contributed by atoms with Crippen molar-refractivity contribution in [2.24, 2.45) is 0 Å². The van der Waals surface area contributed by atoms with Crippen molar-refractivity contribution in [3.05, 3.63) is 69.5 Å². The van der Waals surface area contributed by atoms with Gasteiger partial charge in [-0.2, -0.15) is 0 Å². The summed E-state index contributed by atoms with van der Waals surface area (Å²) in [6.45, 7) is 1.96. The van der Waals surface area contributed by atoms with Crippen molar-refractivity contribution in [1.82, 2.24) is 4.98 Å². The molecule has 4 nitrogen and oxygen atoms in total. The summed E-state index contributed by atoms with van der Waals surface area (Å²) in [5.41, 5.74) is 2.57. The number of aromatic nitrogens is 1. The van der Waals surface area contributed by atoms with Crippen LogP contribution >= 0.6 is 22.9 Å². The average Bonchev–Trinajstić information content (AvgIpc) is 3.06. The van der Waals surface area contributed by atoms with Crippen molar-refractivity contribution >= 4 is 46.0 Å². The number of aryl methyl sites for hydroxylation is 1. The van der Waals surface area contributed by atoms with E-state index in [0.29, 0.717) is 22.9 Å². The molecule has 3 aromatic rings. The third kappa shape index (κ3) is 4.34. The third-order valence-corrected chi connectivity index (χ3v) is 4.69. The molecule has 0 spiro atoms. The Morgan fingerprint density at radius 3 is 2.71 bits per heavy atom. The Morgan fingerprint density at radius 2 is 2.04 bits per heavy atom. The number of carbonyl (C=O) groups is 1. The maximum atomic E-state index is 12.0. The lowest BCUT2D eigenvalue weighted by atomic mass is 10.2. The van der Waals surface area contributed by atoms with E-state index in [1.807, 2.05) is 54.8 Å². The van der Waals surface area contributed by atoms with Gasteiger partial charge in [0.05, 0.1) is 18.3 Å². The van der Waals surface area contributed by atoms with Gasteiger partial charge in [-0.3, -0.25) is 4.79 Å². The summed E-state index contributed by atoms with van der Waals surface area (Å²) >= 11 is 7.68. The average molecular weight is 358 g/mol. The maximum Gasteiger partial charge on any atom is 0.229 e. The molecule has 0 aliphatic rings. The number of hydrogen-bond donors (Lipinski definition) is 2. The number of hydrogen-bond acceptors (Lipinski definition) is 4. The first kappa shape index (κ1) is 16.5. The smallest absolute Gasteiger partial charge is 0.229 e. The zero-order chi connectivity index (χ0) is 16.9. The van der Waals surface area contributed by atoms with E-state index in [0.717, 1.165) is 16.1 Å². The second kappa shape index (κ2) is 7.47. The van der Waals surface area contributed by atoms with E-state index in [2.05, 4.69) is 15.6 Å². The lowest BCUT2D eigenvalue weighted by Gasteiger charge is -2.09. The summed E-state index contributed by atoms with van der Waals surface area (Å²) in [4.78, 5) is 17.3. The van der Waals surface area contributed by atoms with Crippen molar-refractivity contribution in [2.75, 3.05) is 10.6 Å². The summed E-state index contributed by atoms with van der Waals surface area (Å²) in [7, 11) is 0. The van der Waals surface area contributed by atoms with Crippen molar-refractivity contribution in [3.8, 4) is 0 Å². The van der Waals surface area contributed by atoms with Crippen molar-refractivity contribution in [1.29, 1.82) is 0 Å². The largest absolute Gasteiger partial charge is 0.340 e. The molecule has 122 valence electrons. The van der Waals surface area contributed by atoms with Crippen molar-refractivity contribution in [3.63, 3.8) is 0 Å². The summed E-state index contributed by atoms with van der Waals surface area (Å²) in [6.07, 6.45) is 2.00. The normalized spacial score (nSPS) is 10.4. The second-order valence-electron chi connectivity index (χ2n) is 5.33. The molecule has 6 heteroatoms. The van der Waals surface area contributed by atoms with Gasteiger partial charge < -0.3 is 10.6 Å². The summed E-state index contributed by atoms with van der Waals surface area (Å²) in [5, 5.41) is 8.69. The first-order valence-electron chi connectivity index (χ1n) is 7.41. The van der Waals surface area contributed by atoms with E-state index in [1.165, 1.54) is 0 Å². The lowest BCUT2D eigenvalue weighted by molar-refractivity contribution is -0.115. The van der Waals surface area contributed by atoms with E-state index in [1.54, 1.807) is 17.5 Å². The highest BCUT2D eigenvalue weighted by Gasteiger charge is 2.06. The summed E-state index contributed by atoms with van der Waals surface area (Å²) in [6, 6.07) is 13.3. The first-order chi connectivity index (χ1) is 11.6. The quantitative estimate of drug-likeness (QED) is 0.673. The van der Waals surface area contributed by atoms with Gasteiger partial charge in [-0.25, -0.2) is 4.98 Å². The molecule has 0 atom stereocenters. The van der Waals surface area contributed by atoms with Gasteiger partial charge >= 0.3 is 0 Å². The van der Waals surface area contributed by atoms with Gasteiger partial charge in [-0.05, 0) is 48.2 Å². The molecule has 0 fully saturated rings. The lowest BCUT2D eigenvalue weighted by Crippen LogP contribution is -2.13. The topological polar surface area (TPSA) is 54.0 Å². The van der Waals surface area contributed by atoms with Crippen LogP contribution < -0.4 is 10.6 Å². The Hall–Kier alpha value is -2.37. The molecule has 2 aromatic heterocycles. The van der Waals surface area contributed by atoms with Crippen LogP contribution in [0, 0.1) is 6.92 Å². The van der Waals surface area contributed by atoms with Crippen LogP contribution in [0.5, 0.6) is 0 Å². The van der Waals surface area contributed by atoms with Crippen LogP contribution in [0.2, 0.25) is 5.02 Å². The maximum absolute atomic E-state index is 12.0. The molecule has 2 heterocycles. The number of carbonyl (C=O) groups excluding carboxylic acids is 1. The Balaban J connectivity index is 1.60. The highest BCUT2D eigenvalue weighted by Crippen LogP contribution is 2.23. The van der Waals surface area contributed by atoms with E-state index < -0.39 is 0 Å². The van der Waals surface area contributed by atoms with Gasteiger partial charge in [0, 0.05) is 15.6 Å². The second-order valence-corrected chi connectivity index (χ2v) is 6.76. The van der Waals surface area contributed by atoms with Crippen LogP contribution in [0.1, 0.15) is 10.4 Å². The number of nitrogens with zero attached hydrogens (tertiary/aromatic N) is 1. The highest BCUT2D eigenvalue weighted by atomic mass is 35.5. The number of anilines is 3. The van der Waals surface area contributed by atoms with Crippen LogP contribution in [-0.2, 0) is 11.2 Å². The van der Waals surface area contributed by atoms with Crippen molar-refractivity contribution < 1.29 is 4.79 Å². The van der Waals surface area contributed by atoms with E-state index in [9.17, 15) is 4.79 Å². The molecule has 0 aliphatic carbocycles. The molecule has 0 aliphatic heterocycles. The fourth-order valence-electron chi connectivity index (χ4n) is 2.14. The minimum Gasteiger partial charge on any atom is -0.340 e. The highest BCUT2D eigenvalue weighted by molar-refractivity contribution is 7.10. The molecule has 1 aromatic carbocycles. The van der Waals surface area contributed by atoms with Gasteiger partial charge in [0.25, 0.3) is 0 Å². The fourth-order valence-corrected chi connectivity index (χ4v) is 3.02. The molecule has 2 N–H and O–H groups in total. The molecule has 24 heavy (non-hydrogen) atoms. The van der Waals surface area contributed by atoms with Gasteiger partial charge in [-0.15, -0.1) is 11.3 Å². The molecule has 0 saturated carbocycles. The van der Waals surface area contributed by atoms with Crippen molar-refractivity contribution in [2.45, 2.75) is 13.3 Å². The Labute approximate surface area is 149 Å². The fraction of sp³-hybridized carbons (Fsp3) is 0.111. The molecular weight excluding hydrogens is 342 g/mol. The third-order valence-electron chi connectivity index (χ3n) is 3.41. The van der Waals surface area contributed by atoms with E-state index in [-0.39, 0.29) is 5.91 Å². The Kier molecular flexibility index (Phi) is 5.13. The van der Waals surface area contributed by atoms with Crippen LogP contribution in [0.15, 0.2) is 54.0 Å². The van der Waals surface area contributed by atoms with Crippen LogP contribution in [-0.4, -0.2) is 10.9 Å². The Morgan fingerprint density at radius 1 is 1.21 bits per heavy atom. The van der Waals surface area contributed by atoms with Gasteiger partial charge in [0.2, 0.25) is 5.91 Å². The number of amides is 1. The number of halogens is 1. The minimum atomic E-state index is -0.0507. The molecule has 3 rings (SSSR count). The molecule has 0 radical (unpaired) electrons. The standard InChI is InChI=1S/C18H16ClN3OS/c1-12-4-5-13(9-16(12)19)21-17-7-6-14(11-20-17)22-18(23)10-15-3-2-8-24-15/h2-9,11H,10H2,1H3,(H,20,21)(H,22,23). The minimum absolute atomic E-state index is 0.0507. The molecule has 0 saturated heterocycles. The van der Waals surface area contributed by atoms with E-state index >= 15 is 0 Å². The SMILES string of the molecule is Cc1ccc(Nc2ccc(NC(=O)Cc3cccs3)cn2)cc1Cl. The number of pyridine rings is 1. The zero-order valence-electron chi connectivity index (χ0n) is 13.0. The monoisotopic (exact) mass is 357 g/mol. The Bertz CT molecular complexity index is 832. The first-order valence-corrected chi connectivity index (χ1v) is 8.67.